The second-order valence-electron chi connectivity index (χ2n) is 5.06. The highest BCUT2D eigenvalue weighted by molar-refractivity contribution is 5.25. The van der Waals surface area contributed by atoms with Crippen molar-refractivity contribution in [1.29, 1.82) is 0 Å². The van der Waals surface area contributed by atoms with Gasteiger partial charge in [-0.1, -0.05) is 6.92 Å². The van der Waals surface area contributed by atoms with E-state index in [-0.39, 0.29) is 6.10 Å². The van der Waals surface area contributed by atoms with Crippen LogP contribution in [0, 0.1) is 6.92 Å². The summed E-state index contributed by atoms with van der Waals surface area (Å²) in [7, 11) is 0. The number of nitrogens with zero attached hydrogens (tertiary/aromatic N) is 1. The van der Waals surface area contributed by atoms with E-state index < -0.39 is 0 Å². The Hall–Kier alpha value is -1.13. The minimum atomic E-state index is 0.216. The zero-order valence-corrected chi connectivity index (χ0v) is 11.9. The second-order valence-corrected chi connectivity index (χ2v) is 5.06. The van der Waals surface area contributed by atoms with Crippen molar-refractivity contribution in [3.05, 3.63) is 24.0 Å². The lowest BCUT2D eigenvalue weighted by atomic mass is 10.2. The number of aromatic nitrogens is 1. The Morgan fingerprint density at radius 3 is 3.05 bits per heavy atom. The van der Waals surface area contributed by atoms with E-state index in [4.69, 9.17) is 9.47 Å². The van der Waals surface area contributed by atoms with Gasteiger partial charge in [0.2, 0.25) is 0 Å². The zero-order valence-electron chi connectivity index (χ0n) is 11.9. The van der Waals surface area contributed by atoms with Crippen LogP contribution in [-0.2, 0) is 4.74 Å². The highest BCUT2D eigenvalue weighted by atomic mass is 16.5. The van der Waals surface area contributed by atoms with Gasteiger partial charge in [-0.3, -0.25) is 4.98 Å². The molecule has 2 rings (SSSR count). The minimum Gasteiger partial charge on any atom is -0.489 e. The van der Waals surface area contributed by atoms with Gasteiger partial charge in [-0.05, 0) is 44.9 Å². The molecule has 4 heteroatoms. The van der Waals surface area contributed by atoms with Crippen molar-refractivity contribution < 1.29 is 9.47 Å². The van der Waals surface area contributed by atoms with Crippen LogP contribution in [0.1, 0.15) is 31.9 Å². The molecule has 2 heterocycles. The molecular weight excluding hydrogens is 240 g/mol. The van der Waals surface area contributed by atoms with Crippen molar-refractivity contribution in [2.75, 3.05) is 19.7 Å². The second kappa shape index (κ2) is 7.46. The first-order valence-corrected chi connectivity index (χ1v) is 7.20. The molecule has 106 valence electrons. The molecule has 1 N–H and O–H groups in total. The largest absolute Gasteiger partial charge is 0.489 e. The van der Waals surface area contributed by atoms with E-state index in [9.17, 15) is 0 Å². The Kier molecular flexibility index (Phi) is 5.61. The van der Waals surface area contributed by atoms with Gasteiger partial charge < -0.3 is 14.8 Å². The molecule has 0 bridgehead atoms. The summed E-state index contributed by atoms with van der Waals surface area (Å²) >= 11 is 0. The van der Waals surface area contributed by atoms with Crippen molar-refractivity contribution >= 4 is 0 Å². The Labute approximate surface area is 115 Å². The molecule has 0 aliphatic carbocycles. The van der Waals surface area contributed by atoms with Crippen molar-refractivity contribution in [3.63, 3.8) is 0 Å². The van der Waals surface area contributed by atoms with Gasteiger partial charge in [0.05, 0.1) is 17.9 Å². The number of ether oxygens (including phenoxy) is 2. The summed E-state index contributed by atoms with van der Waals surface area (Å²) < 4.78 is 11.7. The molecule has 0 amide bonds. The molecule has 19 heavy (non-hydrogen) atoms. The first-order chi connectivity index (χ1) is 9.29. The molecule has 1 aromatic rings. The minimum absolute atomic E-state index is 0.216. The van der Waals surface area contributed by atoms with Gasteiger partial charge in [-0.15, -0.1) is 0 Å². The van der Waals surface area contributed by atoms with Crippen molar-refractivity contribution in [3.8, 4) is 5.75 Å². The highest BCUT2D eigenvalue weighted by Crippen LogP contribution is 2.21. The lowest BCUT2D eigenvalue weighted by molar-refractivity contribution is 0.0184. The maximum atomic E-state index is 5.96. The van der Waals surface area contributed by atoms with Crippen molar-refractivity contribution in [1.82, 2.24) is 10.3 Å². The molecule has 2 unspecified atom stereocenters. The molecule has 1 fully saturated rings. The van der Waals surface area contributed by atoms with Gasteiger partial charge in [-0.2, -0.15) is 0 Å². The molecule has 4 nitrogen and oxygen atoms in total. The van der Waals surface area contributed by atoms with Gasteiger partial charge in [0.1, 0.15) is 12.4 Å². The first kappa shape index (κ1) is 14.3. The Morgan fingerprint density at radius 1 is 1.42 bits per heavy atom. The summed E-state index contributed by atoms with van der Waals surface area (Å²) in [4.78, 5) is 4.21. The van der Waals surface area contributed by atoms with Crippen LogP contribution in [-0.4, -0.2) is 36.9 Å². The van der Waals surface area contributed by atoms with Crippen LogP contribution in [0.15, 0.2) is 18.3 Å². The third kappa shape index (κ3) is 4.48. The predicted octanol–water partition coefficient (Wildman–Crippen LogP) is 2.32. The predicted molar refractivity (Wildman–Crippen MR) is 75.5 cm³/mol. The quantitative estimate of drug-likeness (QED) is 0.768. The average Bonchev–Trinajstić information content (AvgIpc) is 2.86. The Morgan fingerprint density at radius 2 is 2.26 bits per heavy atom. The number of aryl methyl sites for hydroxylation is 1. The van der Waals surface area contributed by atoms with Crippen LogP contribution in [0.4, 0.5) is 0 Å². The molecule has 0 saturated carbocycles. The number of nitrogens with one attached hydrogen (secondary N) is 1. The van der Waals surface area contributed by atoms with Gasteiger partial charge in [-0.25, -0.2) is 0 Å². The smallest absolute Gasteiger partial charge is 0.140 e. The summed E-state index contributed by atoms with van der Waals surface area (Å²) in [6.07, 6.45) is 5.71. The third-order valence-corrected chi connectivity index (χ3v) is 3.38. The van der Waals surface area contributed by atoms with E-state index in [1.165, 1.54) is 6.42 Å². The average molecular weight is 264 g/mol. The SMILES string of the molecule is CCCNCC1CCC(COc2cccnc2C)O1. The van der Waals surface area contributed by atoms with Gasteiger partial charge in [0.25, 0.3) is 0 Å². The lowest BCUT2D eigenvalue weighted by Crippen LogP contribution is -2.28. The lowest BCUT2D eigenvalue weighted by Gasteiger charge is -2.15. The highest BCUT2D eigenvalue weighted by Gasteiger charge is 2.25. The normalized spacial score (nSPS) is 22.6. The van der Waals surface area contributed by atoms with Crippen molar-refractivity contribution in [2.45, 2.75) is 45.3 Å². The van der Waals surface area contributed by atoms with Crippen molar-refractivity contribution in [2.24, 2.45) is 0 Å². The van der Waals surface area contributed by atoms with E-state index in [0.29, 0.717) is 12.7 Å². The standard InChI is InChI=1S/C15H24N2O2/c1-3-8-16-10-13-6-7-14(19-13)11-18-15-5-4-9-17-12(15)2/h4-5,9,13-14,16H,3,6-8,10-11H2,1-2H3. The molecule has 0 radical (unpaired) electrons. The van der Waals surface area contributed by atoms with Crippen LogP contribution < -0.4 is 10.1 Å². The fraction of sp³-hybridized carbons (Fsp3) is 0.667. The molecule has 1 aliphatic rings. The van der Waals surface area contributed by atoms with E-state index in [1.807, 2.05) is 19.1 Å². The van der Waals surface area contributed by atoms with Gasteiger partial charge in [0.15, 0.2) is 0 Å². The fourth-order valence-electron chi connectivity index (χ4n) is 2.30. The van der Waals surface area contributed by atoms with E-state index in [0.717, 1.165) is 37.4 Å². The van der Waals surface area contributed by atoms with Gasteiger partial charge >= 0.3 is 0 Å². The molecule has 2 atom stereocenters. The maximum Gasteiger partial charge on any atom is 0.140 e. The molecule has 0 aromatic carbocycles. The van der Waals surface area contributed by atoms with Crippen LogP contribution in [0.25, 0.3) is 0 Å². The van der Waals surface area contributed by atoms with Crippen LogP contribution in [0.2, 0.25) is 0 Å². The number of rotatable bonds is 7. The summed E-state index contributed by atoms with van der Waals surface area (Å²) in [5.74, 6) is 0.860. The molecule has 1 aliphatic heterocycles. The monoisotopic (exact) mass is 264 g/mol. The topological polar surface area (TPSA) is 43.4 Å². The molecule has 1 saturated heterocycles. The van der Waals surface area contributed by atoms with Crippen LogP contribution in [0.3, 0.4) is 0 Å². The molecule has 1 aromatic heterocycles. The van der Waals surface area contributed by atoms with E-state index >= 15 is 0 Å². The molecular formula is C15H24N2O2. The molecule has 0 spiro atoms. The third-order valence-electron chi connectivity index (χ3n) is 3.38. The van der Waals surface area contributed by atoms with Crippen LogP contribution in [0.5, 0.6) is 5.75 Å². The maximum absolute atomic E-state index is 5.96. The van der Waals surface area contributed by atoms with Crippen LogP contribution >= 0.6 is 0 Å². The number of pyridine rings is 1. The number of hydrogen-bond acceptors (Lipinski definition) is 4. The Balaban J connectivity index is 1.69. The Bertz CT molecular complexity index is 384. The number of hydrogen-bond donors (Lipinski definition) is 1. The van der Waals surface area contributed by atoms with E-state index in [1.54, 1.807) is 6.20 Å². The fourth-order valence-corrected chi connectivity index (χ4v) is 2.30. The van der Waals surface area contributed by atoms with Gasteiger partial charge in [0, 0.05) is 12.7 Å². The summed E-state index contributed by atoms with van der Waals surface area (Å²) in [5, 5.41) is 3.40. The zero-order chi connectivity index (χ0) is 13.5. The summed E-state index contributed by atoms with van der Waals surface area (Å²) in [6.45, 7) is 6.78. The summed E-state index contributed by atoms with van der Waals surface area (Å²) in [6, 6.07) is 3.85. The summed E-state index contributed by atoms with van der Waals surface area (Å²) in [5.41, 5.74) is 0.932. The first-order valence-electron chi connectivity index (χ1n) is 7.20. The van der Waals surface area contributed by atoms with E-state index in [2.05, 4.69) is 17.2 Å².